The molecule has 27 heavy (non-hydrogen) atoms. The van der Waals surface area contributed by atoms with Gasteiger partial charge in [-0.05, 0) is 57.8 Å². The molecule has 2 aromatic carbocycles. The van der Waals surface area contributed by atoms with Crippen LogP contribution in [0, 0.1) is 0 Å². The predicted octanol–water partition coefficient (Wildman–Crippen LogP) is 3.94. The molecule has 0 bridgehead atoms. The molecular formula is C21H22N2O3S. The van der Waals surface area contributed by atoms with Gasteiger partial charge in [0.05, 0.1) is 13.5 Å². The Morgan fingerprint density at radius 1 is 1.11 bits per heavy atom. The molecule has 0 fully saturated rings. The summed E-state index contributed by atoms with van der Waals surface area (Å²) in [5.41, 5.74) is 9.31. The molecule has 0 aliphatic heterocycles. The summed E-state index contributed by atoms with van der Waals surface area (Å²) in [6.07, 6.45) is 0.246. The van der Waals surface area contributed by atoms with Crippen molar-refractivity contribution in [2.45, 2.75) is 6.42 Å². The Hall–Kier alpha value is -2.83. The summed E-state index contributed by atoms with van der Waals surface area (Å²) < 4.78 is 10.9. The summed E-state index contributed by atoms with van der Waals surface area (Å²) in [6, 6.07) is 15.4. The van der Waals surface area contributed by atoms with E-state index in [0.29, 0.717) is 24.7 Å². The van der Waals surface area contributed by atoms with Gasteiger partial charge in [0.15, 0.2) is 11.5 Å². The number of methoxy groups -OCH3 is 1. The fourth-order valence-electron chi connectivity index (χ4n) is 2.71. The second-order valence-corrected chi connectivity index (χ2v) is 6.72. The number of carbonyl (C=O) groups is 1. The van der Waals surface area contributed by atoms with Crippen molar-refractivity contribution in [2.75, 3.05) is 25.6 Å². The lowest BCUT2D eigenvalue weighted by Gasteiger charge is -2.12. The SMILES string of the molecule is COc1cc(CC(=O)Nc2cccc(-c3ccsc3)c2)ccc1OCCN. The molecule has 140 valence electrons. The Labute approximate surface area is 162 Å². The van der Waals surface area contributed by atoms with Crippen LogP contribution >= 0.6 is 11.3 Å². The van der Waals surface area contributed by atoms with E-state index in [4.69, 9.17) is 15.2 Å². The molecule has 0 radical (unpaired) electrons. The Balaban J connectivity index is 1.66. The fraction of sp³-hybridized carbons (Fsp3) is 0.190. The molecule has 3 N–H and O–H groups in total. The molecule has 3 rings (SSSR count). The van der Waals surface area contributed by atoms with Gasteiger partial charge in [0.1, 0.15) is 6.61 Å². The van der Waals surface area contributed by atoms with Crippen molar-refractivity contribution >= 4 is 22.9 Å². The smallest absolute Gasteiger partial charge is 0.228 e. The number of hydrogen-bond donors (Lipinski definition) is 2. The number of benzene rings is 2. The van der Waals surface area contributed by atoms with Gasteiger partial charge >= 0.3 is 0 Å². The van der Waals surface area contributed by atoms with Crippen LogP contribution in [-0.2, 0) is 11.2 Å². The molecule has 5 nitrogen and oxygen atoms in total. The van der Waals surface area contributed by atoms with Crippen molar-refractivity contribution in [2.24, 2.45) is 5.73 Å². The van der Waals surface area contributed by atoms with Crippen LogP contribution in [0.5, 0.6) is 11.5 Å². The first-order valence-electron chi connectivity index (χ1n) is 8.62. The highest BCUT2D eigenvalue weighted by molar-refractivity contribution is 7.08. The largest absolute Gasteiger partial charge is 0.493 e. The number of ether oxygens (including phenoxy) is 2. The zero-order valence-corrected chi connectivity index (χ0v) is 15.9. The van der Waals surface area contributed by atoms with E-state index in [0.717, 1.165) is 22.4 Å². The summed E-state index contributed by atoms with van der Waals surface area (Å²) in [6.45, 7) is 0.842. The monoisotopic (exact) mass is 382 g/mol. The second-order valence-electron chi connectivity index (χ2n) is 5.94. The van der Waals surface area contributed by atoms with Crippen LogP contribution in [0.1, 0.15) is 5.56 Å². The maximum atomic E-state index is 12.4. The maximum absolute atomic E-state index is 12.4. The summed E-state index contributed by atoms with van der Waals surface area (Å²) in [7, 11) is 1.57. The number of rotatable bonds is 8. The molecule has 0 spiro atoms. The number of hydrogen-bond acceptors (Lipinski definition) is 5. The standard InChI is InChI=1S/C21H22N2O3S/c1-25-20-11-15(5-6-19(20)26-9-8-22)12-21(24)23-18-4-2-3-16(13-18)17-7-10-27-14-17/h2-7,10-11,13-14H,8-9,12,22H2,1H3,(H,23,24). The van der Waals surface area contributed by atoms with Crippen LogP contribution in [0.25, 0.3) is 11.1 Å². The van der Waals surface area contributed by atoms with Gasteiger partial charge in [-0.25, -0.2) is 0 Å². The molecular weight excluding hydrogens is 360 g/mol. The molecule has 6 heteroatoms. The van der Waals surface area contributed by atoms with Gasteiger partial charge in [0.25, 0.3) is 0 Å². The first-order chi connectivity index (χ1) is 13.2. The van der Waals surface area contributed by atoms with Crippen molar-refractivity contribution in [3.05, 3.63) is 64.9 Å². The first kappa shape index (κ1) is 18.9. The molecule has 0 saturated heterocycles. The highest BCUT2D eigenvalue weighted by atomic mass is 32.1. The van der Waals surface area contributed by atoms with Crippen LogP contribution in [0.3, 0.4) is 0 Å². The molecule has 0 aliphatic rings. The van der Waals surface area contributed by atoms with E-state index < -0.39 is 0 Å². The normalized spacial score (nSPS) is 10.4. The van der Waals surface area contributed by atoms with Gasteiger partial charge < -0.3 is 20.5 Å². The summed E-state index contributed by atoms with van der Waals surface area (Å²) >= 11 is 1.65. The molecule has 3 aromatic rings. The van der Waals surface area contributed by atoms with E-state index in [-0.39, 0.29) is 12.3 Å². The van der Waals surface area contributed by atoms with Gasteiger partial charge in [-0.2, -0.15) is 11.3 Å². The zero-order chi connectivity index (χ0) is 19.1. The van der Waals surface area contributed by atoms with E-state index >= 15 is 0 Å². The zero-order valence-electron chi connectivity index (χ0n) is 15.1. The van der Waals surface area contributed by atoms with Gasteiger partial charge in [0, 0.05) is 12.2 Å². The minimum absolute atomic E-state index is 0.0878. The lowest BCUT2D eigenvalue weighted by atomic mass is 10.1. The van der Waals surface area contributed by atoms with E-state index in [1.807, 2.05) is 41.8 Å². The number of nitrogens with two attached hydrogens (primary N) is 1. The number of anilines is 1. The van der Waals surface area contributed by atoms with Gasteiger partial charge in [-0.1, -0.05) is 18.2 Å². The summed E-state index contributed by atoms with van der Waals surface area (Å²) in [5.74, 6) is 1.12. The lowest BCUT2D eigenvalue weighted by Crippen LogP contribution is -2.14. The van der Waals surface area contributed by atoms with Crippen LogP contribution in [0.15, 0.2) is 59.3 Å². The van der Waals surface area contributed by atoms with Crippen LogP contribution in [-0.4, -0.2) is 26.2 Å². The van der Waals surface area contributed by atoms with Crippen molar-refractivity contribution in [1.82, 2.24) is 0 Å². The van der Waals surface area contributed by atoms with Crippen molar-refractivity contribution in [1.29, 1.82) is 0 Å². The fourth-order valence-corrected chi connectivity index (χ4v) is 3.37. The quantitative estimate of drug-likeness (QED) is 0.619. The van der Waals surface area contributed by atoms with Crippen LogP contribution < -0.4 is 20.5 Å². The third-order valence-corrected chi connectivity index (χ3v) is 4.65. The first-order valence-corrected chi connectivity index (χ1v) is 9.56. The van der Waals surface area contributed by atoms with Crippen molar-refractivity contribution in [3.63, 3.8) is 0 Å². The third kappa shape index (κ3) is 5.09. The van der Waals surface area contributed by atoms with E-state index in [1.165, 1.54) is 0 Å². The highest BCUT2D eigenvalue weighted by Gasteiger charge is 2.10. The average molecular weight is 382 g/mol. The average Bonchev–Trinajstić information content (AvgIpc) is 3.22. The van der Waals surface area contributed by atoms with Crippen LogP contribution in [0.4, 0.5) is 5.69 Å². The molecule has 1 aromatic heterocycles. The minimum Gasteiger partial charge on any atom is -0.493 e. The molecule has 1 heterocycles. The number of amides is 1. The topological polar surface area (TPSA) is 73.6 Å². The van der Waals surface area contributed by atoms with E-state index in [2.05, 4.69) is 16.8 Å². The Bertz CT molecular complexity index is 894. The number of thiophene rings is 1. The second kappa shape index (κ2) is 9.21. The molecule has 1 amide bonds. The van der Waals surface area contributed by atoms with E-state index in [9.17, 15) is 4.79 Å². The molecule has 0 atom stereocenters. The predicted molar refractivity (Wildman–Crippen MR) is 110 cm³/mol. The third-order valence-electron chi connectivity index (χ3n) is 3.97. The van der Waals surface area contributed by atoms with Crippen molar-refractivity contribution in [3.8, 4) is 22.6 Å². The Kier molecular flexibility index (Phi) is 6.46. The van der Waals surface area contributed by atoms with Crippen LogP contribution in [0.2, 0.25) is 0 Å². The van der Waals surface area contributed by atoms with Gasteiger partial charge in [-0.15, -0.1) is 0 Å². The van der Waals surface area contributed by atoms with Crippen molar-refractivity contribution < 1.29 is 14.3 Å². The highest BCUT2D eigenvalue weighted by Crippen LogP contribution is 2.28. The Morgan fingerprint density at radius 3 is 2.74 bits per heavy atom. The molecule has 0 aliphatic carbocycles. The number of nitrogens with one attached hydrogen (secondary N) is 1. The summed E-state index contributed by atoms with van der Waals surface area (Å²) in [5, 5.41) is 7.08. The van der Waals surface area contributed by atoms with Gasteiger partial charge in [0.2, 0.25) is 5.91 Å². The minimum atomic E-state index is -0.0878. The molecule has 0 saturated carbocycles. The van der Waals surface area contributed by atoms with E-state index in [1.54, 1.807) is 24.5 Å². The molecule has 0 unspecified atom stereocenters. The summed E-state index contributed by atoms with van der Waals surface area (Å²) in [4.78, 5) is 12.4. The van der Waals surface area contributed by atoms with Gasteiger partial charge in [-0.3, -0.25) is 4.79 Å². The number of carbonyl (C=O) groups excluding carboxylic acids is 1. The Morgan fingerprint density at radius 2 is 2.00 bits per heavy atom. The lowest BCUT2D eigenvalue weighted by molar-refractivity contribution is -0.115. The maximum Gasteiger partial charge on any atom is 0.228 e.